The molecule has 0 bridgehead atoms. The molecular weight excluding hydrogens is 202 g/mol. The third-order valence-electron chi connectivity index (χ3n) is 2.45. The van der Waals surface area contributed by atoms with E-state index in [4.69, 9.17) is 0 Å². The molecule has 15 heavy (non-hydrogen) atoms. The van der Waals surface area contributed by atoms with Gasteiger partial charge < -0.3 is 9.47 Å². The summed E-state index contributed by atoms with van der Waals surface area (Å²) in [5.74, 6) is 0.295. The highest BCUT2D eigenvalue weighted by atomic mass is 19.3. The first-order chi connectivity index (χ1) is 7.03. The Labute approximate surface area is 86.8 Å². The van der Waals surface area contributed by atoms with Crippen LogP contribution in [0.25, 0.3) is 0 Å². The Bertz CT molecular complexity index is 388. The monoisotopic (exact) mass is 214 g/mol. The van der Waals surface area contributed by atoms with E-state index >= 15 is 0 Å². The van der Waals surface area contributed by atoms with Crippen LogP contribution in [-0.4, -0.2) is 6.29 Å². The fourth-order valence-electron chi connectivity index (χ4n) is 1.72. The molecule has 1 aliphatic heterocycles. The zero-order valence-corrected chi connectivity index (χ0v) is 8.64. The minimum Gasteiger partial charge on any atom is -0.395 e. The van der Waals surface area contributed by atoms with Crippen molar-refractivity contribution in [2.75, 3.05) is 0 Å². The highest BCUT2D eigenvalue weighted by molar-refractivity contribution is 5.51. The molecule has 2 nitrogen and oxygen atoms in total. The second-order valence-electron chi connectivity index (χ2n) is 3.59. The summed E-state index contributed by atoms with van der Waals surface area (Å²) in [5.41, 5.74) is 1.77. The maximum Gasteiger partial charge on any atom is 0.586 e. The first-order valence-electron chi connectivity index (χ1n) is 4.92. The van der Waals surface area contributed by atoms with Crippen LogP contribution in [0.5, 0.6) is 11.5 Å². The summed E-state index contributed by atoms with van der Waals surface area (Å²) in [6.45, 7) is 3.81. The Morgan fingerprint density at radius 3 is 2.67 bits per heavy atom. The highest BCUT2D eigenvalue weighted by Crippen LogP contribution is 2.44. The average molecular weight is 214 g/mol. The van der Waals surface area contributed by atoms with Crippen LogP contribution in [-0.2, 0) is 6.42 Å². The molecule has 0 spiro atoms. The van der Waals surface area contributed by atoms with Crippen LogP contribution < -0.4 is 9.47 Å². The summed E-state index contributed by atoms with van der Waals surface area (Å²) in [6, 6.07) is 3.34. The number of rotatable bonds is 2. The third-order valence-corrected chi connectivity index (χ3v) is 2.45. The van der Waals surface area contributed by atoms with E-state index < -0.39 is 6.29 Å². The molecular formula is C11H12F2O2. The molecule has 2 rings (SSSR count). The van der Waals surface area contributed by atoms with Gasteiger partial charge in [0, 0.05) is 0 Å². The summed E-state index contributed by atoms with van der Waals surface area (Å²) >= 11 is 0. The van der Waals surface area contributed by atoms with E-state index in [2.05, 4.69) is 9.47 Å². The number of hydrogen-bond acceptors (Lipinski definition) is 2. The van der Waals surface area contributed by atoms with Crippen LogP contribution in [0.4, 0.5) is 8.78 Å². The molecule has 0 amide bonds. The lowest BCUT2D eigenvalue weighted by atomic mass is 10.0. The lowest BCUT2D eigenvalue weighted by molar-refractivity contribution is -0.286. The number of ether oxygens (including phenoxy) is 2. The largest absolute Gasteiger partial charge is 0.586 e. The van der Waals surface area contributed by atoms with E-state index in [-0.39, 0.29) is 11.5 Å². The summed E-state index contributed by atoms with van der Waals surface area (Å²) in [5, 5.41) is 0. The molecule has 0 aromatic heterocycles. The van der Waals surface area contributed by atoms with E-state index in [0.717, 1.165) is 24.0 Å². The van der Waals surface area contributed by atoms with E-state index in [1.807, 2.05) is 13.0 Å². The Morgan fingerprint density at radius 2 is 2.00 bits per heavy atom. The van der Waals surface area contributed by atoms with Crippen molar-refractivity contribution >= 4 is 0 Å². The Morgan fingerprint density at radius 1 is 1.27 bits per heavy atom. The van der Waals surface area contributed by atoms with Gasteiger partial charge in [0.1, 0.15) is 0 Å². The standard InChI is InChI=1S/C11H12F2O2/c1-3-4-8-5-6-9-10(7(8)2)15-11(12,13)14-9/h5-6H,3-4H2,1-2H3. The Balaban J connectivity index is 2.39. The molecule has 1 heterocycles. The molecule has 4 heteroatoms. The summed E-state index contributed by atoms with van der Waals surface area (Å²) in [7, 11) is 0. The fraction of sp³-hybridized carbons (Fsp3) is 0.455. The van der Waals surface area contributed by atoms with Gasteiger partial charge in [0.2, 0.25) is 0 Å². The van der Waals surface area contributed by atoms with E-state index in [1.165, 1.54) is 6.07 Å². The van der Waals surface area contributed by atoms with Crippen molar-refractivity contribution in [2.45, 2.75) is 33.0 Å². The molecule has 0 unspecified atom stereocenters. The summed E-state index contributed by atoms with van der Waals surface area (Å²) in [6.07, 6.45) is -1.69. The molecule has 0 atom stereocenters. The lowest BCUT2D eigenvalue weighted by Gasteiger charge is -2.07. The van der Waals surface area contributed by atoms with Crippen molar-refractivity contribution < 1.29 is 18.3 Å². The van der Waals surface area contributed by atoms with Gasteiger partial charge in [-0.3, -0.25) is 0 Å². The molecule has 1 aromatic rings. The van der Waals surface area contributed by atoms with Crippen LogP contribution in [0.1, 0.15) is 24.5 Å². The van der Waals surface area contributed by atoms with Gasteiger partial charge in [0.05, 0.1) is 0 Å². The van der Waals surface area contributed by atoms with Gasteiger partial charge >= 0.3 is 6.29 Å². The van der Waals surface area contributed by atoms with Crippen LogP contribution in [0, 0.1) is 6.92 Å². The fourth-order valence-corrected chi connectivity index (χ4v) is 1.72. The second-order valence-corrected chi connectivity index (χ2v) is 3.59. The first-order valence-corrected chi connectivity index (χ1v) is 4.92. The molecule has 0 radical (unpaired) electrons. The smallest absolute Gasteiger partial charge is 0.395 e. The molecule has 1 aliphatic rings. The minimum atomic E-state index is -3.52. The normalized spacial score (nSPS) is 16.8. The van der Waals surface area contributed by atoms with Crippen molar-refractivity contribution in [2.24, 2.45) is 0 Å². The zero-order chi connectivity index (χ0) is 11.1. The van der Waals surface area contributed by atoms with Crippen LogP contribution in [0.15, 0.2) is 12.1 Å². The predicted octanol–water partition coefficient (Wildman–Crippen LogP) is 3.27. The van der Waals surface area contributed by atoms with Crippen LogP contribution >= 0.6 is 0 Å². The first kappa shape index (κ1) is 10.2. The summed E-state index contributed by atoms with van der Waals surface area (Å²) in [4.78, 5) is 0. The predicted molar refractivity (Wildman–Crippen MR) is 51.4 cm³/mol. The molecule has 1 aromatic carbocycles. The molecule has 0 N–H and O–H groups in total. The molecule has 82 valence electrons. The van der Waals surface area contributed by atoms with Gasteiger partial charge in [0.25, 0.3) is 0 Å². The van der Waals surface area contributed by atoms with Crippen molar-refractivity contribution in [3.05, 3.63) is 23.3 Å². The van der Waals surface area contributed by atoms with Gasteiger partial charge in [-0.2, -0.15) is 0 Å². The number of alkyl halides is 2. The van der Waals surface area contributed by atoms with Crippen molar-refractivity contribution in [1.82, 2.24) is 0 Å². The maximum absolute atomic E-state index is 12.8. The number of aryl methyl sites for hydroxylation is 1. The van der Waals surface area contributed by atoms with Gasteiger partial charge in [-0.05, 0) is 30.5 Å². The van der Waals surface area contributed by atoms with Crippen LogP contribution in [0.3, 0.4) is 0 Å². The van der Waals surface area contributed by atoms with Gasteiger partial charge in [-0.25, -0.2) is 0 Å². The number of hydrogen-bond donors (Lipinski definition) is 0. The quantitative estimate of drug-likeness (QED) is 0.752. The molecule has 0 aliphatic carbocycles. The number of benzene rings is 1. The van der Waals surface area contributed by atoms with Gasteiger partial charge in [-0.1, -0.05) is 19.4 Å². The molecule has 0 saturated heterocycles. The summed E-state index contributed by atoms with van der Waals surface area (Å²) < 4.78 is 34.4. The third kappa shape index (κ3) is 1.76. The topological polar surface area (TPSA) is 18.5 Å². The van der Waals surface area contributed by atoms with Crippen molar-refractivity contribution in [1.29, 1.82) is 0 Å². The Hall–Kier alpha value is -1.32. The van der Waals surface area contributed by atoms with E-state index in [1.54, 1.807) is 6.92 Å². The van der Waals surface area contributed by atoms with E-state index in [0.29, 0.717) is 0 Å². The molecule has 0 fully saturated rings. The highest BCUT2D eigenvalue weighted by Gasteiger charge is 2.44. The second kappa shape index (κ2) is 3.36. The van der Waals surface area contributed by atoms with Crippen LogP contribution in [0.2, 0.25) is 0 Å². The SMILES string of the molecule is CCCc1ccc2c(c1C)OC(F)(F)O2. The van der Waals surface area contributed by atoms with Crippen molar-refractivity contribution in [3.8, 4) is 11.5 Å². The maximum atomic E-state index is 12.8. The van der Waals surface area contributed by atoms with Gasteiger partial charge in [0.15, 0.2) is 11.5 Å². The minimum absolute atomic E-state index is 0.123. The zero-order valence-electron chi connectivity index (χ0n) is 8.64. The van der Waals surface area contributed by atoms with Crippen molar-refractivity contribution in [3.63, 3.8) is 0 Å². The number of fused-ring (bicyclic) bond motifs is 1. The lowest BCUT2D eigenvalue weighted by Crippen LogP contribution is -2.26. The number of halogens is 2. The van der Waals surface area contributed by atoms with E-state index in [9.17, 15) is 8.78 Å². The molecule has 0 saturated carbocycles. The van der Waals surface area contributed by atoms with Gasteiger partial charge in [-0.15, -0.1) is 8.78 Å². The average Bonchev–Trinajstić information content (AvgIpc) is 2.46. The Kier molecular flexibility index (Phi) is 2.29.